The van der Waals surface area contributed by atoms with Crippen LogP contribution in [-0.2, 0) is 4.79 Å². The number of rotatable bonds is 6. The molecule has 0 unspecified atom stereocenters. The van der Waals surface area contributed by atoms with Crippen molar-refractivity contribution in [3.63, 3.8) is 0 Å². The summed E-state index contributed by atoms with van der Waals surface area (Å²) >= 11 is 1.79. The monoisotopic (exact) mass is 427 g/mol. The topological polar surface area (TPSA) is 102 Å². The maximum atomic E-state index is 13.2. The van der Waals surface area contributed by atoms with Crippen LogP contribution in [0.15, 0.2) is 54.7 Å². The Morgan fingerprint density at radius 3 is 2.43 bits per heavy atom. The van der Waals surface area contributed by atoms with Gasteiger partial charge < -0.3 is 15.0 Å². The van der Waals surface area contributed by atoms with Gasteiger partial charge in [-0.1, -0.05) is 18.2 Å². The van der Waals surface area contributed by atoms with Crippen LogP contribution in [0.4, 0.5) is 5.69 Å². The van der Waals surface area contributed by atoms with E-state index in [1.54, 1.807) is 40.9 Å². The Bertz CT molecular complexity index is 969. The average Bonchev–Trinajstić information content (AvgIpc) is 2.79. The van der Waals surface area contributed by atoms with Gasteiger partial charge in [-0.3, -0.25) is 19.7 Å². The van der Waals surface area contributed by atoms with Crippen LogP contribution in [0.25, 0.3) is 5.57 Å². The van der Waals surface area contributed by atoms with Crippen molar-refractivity contribution < 1.29 is 19.2 Å². The zero-order valence-electron chi connectivity index (χ0n) is 16.4. The highest BCUT2D eigenvalue weighted by molar-refractivity contribution is 7.99. The number of carbonyl (C=O) groups excluding carboxylic acids is 2. The third-order valence-corrected chi connectivity index (χ3v) is 5.56. The number of nitro groups is 1. The Balaban J connectivity index is 1.88. The largest absolute Gasteiger partial charge is 0.496 e. The Morgan fingerprint density at radius 1 is 1.13 bits per heavy atom. The fraction of sp³-hybridized carbons (Fsp3) is 0.238. The first kappa shape index (κ1) is 21.4. The molecule has 1 saturated heterocycles. The number of nitrogens with zero attached hydrogens (tertiary/aromatic N) is 2. The minimum atomic E-state index is -0.531. The highest BCUT2D eigenvalue weighted by Crippen LogP contribution is 2.28. The molecule has 0 aliphatic carbocycles. The van der Waals surface area contributed by atoms with Gasteiger partial charge in [0.1, 0.15) is 5.75 Å². The summed E-state index contributed by atoms with van der Waals surface area (Å²) in [6.45, 7) is 1.26. The van der Waals surface area contributed by atoms with Crippen LogP contribution in [0.3, 0.4) is 0 Å². The van der Waals surface area contributed by atoms with Crippen molar-refractivity contribution in [3.8, 4) is 5.75 Å². The van der Waals surface area contributed by atoms with Gasteiger partial charge >= 0.3 is 0 Å². The van der Waals surface area contributed by atoms with E-state index in [1.807, 2.05) is 0 Å². The molecule has 8 nitrogen and oxygen atoms in total. The zero-order chi connectivity index (χ0) is 21.5. The van der Waals surface area contributed by atoms with Gasteiger partial charge in [-0.15, -0.1) is 0 Å². The summed E-state index contributed by atoms with van der Waals surface area (Å²) in [5.74, 6) is 1.58. The van der Waals surface area contributed by atoms with Crippen LogP contribution >= 0.6 is 11.8 Å². The molecule has 0 saturated carbocycles. The molecule has 0 bridgehead atoms. The standard InChI is InChI=1S/C21H21N3O5S/c1-29-19-5-3-2-4-17(19)18(21(26)23-10-12-30-13-11-23)14-22-20(25)15-6-8-16(9-7-15)24(27)28/h2-9,14H,10-13H2,1H3,(H,22,25). The number of thioether (sulfide) groups is 1. The van der Waals surface area contributed by atoms with Gasteiger partial charge in [0.05, 0.1) is 17.6 Å². The molecular formula is C21H21N3O5S. The first-order chi connectivity index (χ1) is 14.5. The lowest BCUT2D eigenvalue weighted by Gasteiger charge is -2.27. The van der Waals surface area contributed by atoms with E-state index in [9.17, 15) is 19.7 Å². The second kappa shape index (κ2) is 9.93. The lowest BCUT2D eigenvalue weighted by molar-refractivity contribution is -0.384. The van der Waals surface area contributed by atoms with E-state index in [0.29, 0.717) is 30.0 Å². The highest BCUT2D eigenvalue weighted by Gasteiger charge is 2.24. The first-order valence-electron chi connectivity index (χ1n) is 9.27. The molecule has 2 amide bonds. The number of methoxy groups -OCH3 is 1. The number of nitro benzene ring substituents is 1. The molecule has 2 aromatic carbocycles. The van der Waals surface area contributed by atoms with Gasteiger partial charge in [0.15, 0.2) is 0 Å². The normalized spacial score (nSPS) is 14.2. The summed E-state index contributed by atoms with van der Waals surface area (Å²) in [5, 5.41) is 13.4. The zero-order valence-corrected chi connectivity index (χ0v) is 17.2. The number of non-ortho nitro benzene ring substituents is 1. The molecule has 2 aromatic rings. The lowest BCUT2D eigenvalue weighted by Crippen LogP contribution is -2.38. The van der Waals surface area contributed by atoms with Gasteiger partial charge in [0.2, 0.25) is 0 Å². The number of ether oxygens (including phenoxy) is 1. The number of amides is 2. The quantitative estimate of drug-likeness (QED) is 0.432. The number of hydrogen-bond donors (Lipinski definition) is 1. The number of benzene rings is 2. The SMILES string of the molecule is COc1ccccc1C(=CNC(=O)c1ccc([N+](=O)[O-])cc1)C(=O)N1CCSCC1. The predicted molar refractivity (Wildman–Crippen MR) is 115 cm³/mol. The second-order valence-corrected chi connectivity index (χ2v) is 7.67. The number of para-hydroxylation sites is 1. The van der Waals surface area contributed by atoms with E-state index in [2.05, 4.69) is 5.32 Å². The average molecular weight is 427 g/mol. The fourth-order valence-corrected chi connectivity index (χ4v) is 3.92. The Kier molecular flexibility index (Phi) is 7.08. The van der Waals surface area contributed by atoms with Gasteiger partial charge in [0.25, 0.3) is 17.5 Å². The van der Waals surface area contributed by atoms with Crippen molar-refractivity contribution in [1.29, 1.82) is 0 Å². The molecule has 1 aliphatic heterocycles. The number of nitrogens with one attached hydrogen (secondary N) is 1. The molecule has 0 radical (unpaired) electrons. The van der Waals surface area contributed by atoms with Crippen LogP contribution in [0.1, 0.15) is 15.9 Å². The van der Waals surface area contributed by atoms with Crippen LogP contribution in [-0.4, -0.2) is 53.3 Å². The smallest absolute Gasteiger partial charge is 0.269 e. The number of hydrogen-bond acceptors (Lipinski definition) is 6. The van der Waals surface area contributed by atoms with Gasteiger partial charge in [-0.2, -0.15) is 11.8 Å². The van der Waals surface area contributed by atoms with Gasteiger partial charge in [0, 0.05) is 54.1 Å². The van der Waals surface area contributed by atoms with Crippen molar-refractivity contribution in [2.75, 3.05) is 31.7 Å². The van der Waals surface area contributed by atoms with Crippen LogP contribution in [0.2, 0.25) is 0 Å². The molecule has 1 aliphatic rings. The van der Waals surface area contributed by atoms with E-state index in [0.717, 1.165) is 11.5 Å². The fourth-order valence-electron chi connectivity index (χ4n) is 3.01. The van der Waals surface area contributed by atoms with Crippen LogP contribution in [0, 0.1) is 10.1 Å². The molecule has 1 N–H and O–H groups in total. The molecule has 156 valence electrons. The molecule has 0 atom stereocenters. The first-order valence-corrected chi connectivity index (χ1v) is 10.4. The molecule has 1 heterocycles. The Hall–Kier alpha value is -3.33. The molecular weight excluding hydrogens is 406 g/mol. The predicted octanol–water partition coefficient (Wildman–Crippen LogP) is 2.95. The summed E-state index contributed by atoms with van der Waals surface area (Å²) in [6.07, 6.45) is 1.38. The molecule has 3 rings (SSSR count). The van der Waals surface area contributed by atoms with Crippen LogP contribution in [0.5, 0.6) is 5.75 Å². The second-order valence-electron chi connectivity index (χ2n) is 6.44. The summed E-state index contributed by atoms with van der Waals surface area (Å²) in [6, 6.07) is 12.4. The summed E-state index contributed by atoms with van der Waals surface area (Å²) < 4.78 is 5.40. The maximum Gasteiger partial charge on any atom is 0.269 e. The minimum Gasteiger partial charge on any atom is -0.496 e. The summed E-state index contributed by atoms with van der Waals surface area (Å²) in [4.78, 5) is 37.7. The summed E-state index contributed by atoms with van der Waals surface area (Å²) in [7, 11) is 1.52. The highest BCUT2D eigenvalue weighted by atomic mass is 32.2. The number of carbonyl (C=O) groups is 2. The van der Waals surface area contributed by atoms with Gasteiger partial charge in [-0.25, -0.2) is 0 Å². The molecule has 1 fully saturated rings. The van der Waals surface area contributed by atoms with Crippen molar-refractivity contribution in [2.24, 2.45) is 0 Å². The van der Waals surface area contributed by atoms with E-state index in [4.69, 9.17) is 4.74 Å². The Labute approximate surface area is 178 Å². The van der Waals surface area contributed by atoms with E-state index >= 15 is 0 Å². The third-order valence-electron chi connectivity index (χ3n) is 4.61. The van der Waals surface area contributed by atoms with E-state index < -0.39 is 10.8 Å². The Morgan fingerprint density at radius 2 is 1.80 bits per heavy atom. The minimum absolute atomic E-state index is 0.102. The van der Waals surface area contributed by atoms with Crippen molar-refractivity contribution in [2.45, 2.75) is 0 Å². The third kappa shape index (κ3) is 4.98. The molecule has 0 aromatic heterocycles. The summed E-state index contributed by atoms with van der Waals surface area (Å²) in [5.41, 5.74) is 1.04. The molecule has 0 spiro atoms. The lowest BCUT2D eigenvalue weighted by atomic mass is 10.0. The van der Waals surface area contributed by atoms with Crippen LogP contribution < -0.4 is 10.1 Å². The van der Waals surface area contributed by atoms with Crippen molar-refractivity contribution in [3.05, 3.63) is 76.0 Å². The molecule has 30 heavy (non-hydrogen) atoms. The maximum absolute atomic E-state index is 13.2. The van der Waals surface area contributed by atoms with Crippen molar-refractivity contribution >= 4 is 34.8 Å². The van der Waals surface area contributed by atoms with Crippen molar-refractivity contribution in [1.82, 2.24) is 10.2 Å². The van der Waals surface area contributed by atoms with Gasteiger partial charge in [-0.05, 0) is 18.2 Å². The van der Waals surface area contributed by atoms with E-state index in [-0.39, 0.29) is 17.2 Å². The van der Waals surface area contributed by atoms with E-state index in [1.165, 1.54) is 37.6 Å². The molecule has 9 heteroatoms.